The van der Waals surface area contributed by atoms with Crippen LogP contribution in [0.3, 0.4) is 0 Å². The van der Waals surface area contributed by atoms with Crippen LogP contribution < -0.4 is 0 Å². The minimum Gasteiger partial charge on any atom is -0.338 e. The predicted molar refractivity (Wildman–Crippen MR) is 129 cm³/mol. The number of amides is 1. The van der Waals surface area contributed by atoms with Crippen molar-refractivity contribution in [1.29, 1.82) is 0 Å². The van der Waals surface area contributed by atoms with Gasteiger partial charge in [-0.15, -0.1) is 10.2 Å². The molecule has 4 rings (SSSR count). The van der Waals surface area contributed by atoms with Crippen LogP contribution in [0, 0.1) is 5.82 Å². The lowest BCUT2D eigenvalue weighted by molar-refractivity contribution is -0.128. The van der Waals surface area contributed by atoms with Gasteiger partial charge < -0.3 is 4.90 Å². The van der Waals surface area contributed by atoms with Crippen LogP contribution in [-0.4, -0.2) is 37.9 Å². The number of halogens is 1. The lowest BCUT2D eigenvalue weighted by Crippen LogP contribution is -2.31. The zero-order chi connectivity index (χ0) is 23.0. The first-order chi connectivity index (χ1) is 16.2. The van der Waals surface area contributed by atoms with Crippen LogP contribution in [0.15, 0.2) is 90.1 Å². The number of thioether (sulfide) groups is 1. The first kappa shape index (κ1) is 22.7. The van der Waals surface area contributed by atoms with Crippen LogP contribution in [-0.2, 0) is 17.9 Å². The van der Waals surface area contributed by atoms with E-state index in [0.29, 0.717) is 36.2 Å². The summed E-state index contributed by atoms with van der Waals surface area (Å²) in [5, 5.41) is 9.18. The Labute approximate surface area is 197 Å². The molecule has 0 aliphatic rings. The van der Waals surface area contributed by atoms with E-state index in [1.807, 2.05) is 77.1 Å². The van der Waals surface area contributed by atoms with Gasteiger partial charge in [-0.2, -0.15) is 0 Å². The fourth-order valence-corrected chi connectivity index (χ4v) is 4.38. The van der Waals surface area contributed by atoms with Crippen molar-refractivity contribution in [2.75, 3.05) is 12.3 Å². The molecule has 0 spiro atoms. The number of rotatable bonds is 9. The normalized spacial score (nSPS) is 10.8. The monoisotopic (exact) mass is 460 g/mol. The highest BCUT2D eigenvalue weighted by molar-refractivity contribution is 7.99. The second-order valence-electron chi connectivity index (χ2n) is 7.54. The summed E-state index contributed by atoms with van der Waals surface area (Å²) in [6, 6.07) is 26.3. The topological polar surface area (TPSA) is 51.0 Å². The molecule has 1 amide bonds. The van der Waals surface area contributed by atoms with Gasteiger partial charge in [-0.3, -0.25) is 9.36 Å². The summed E-state index contributed by atoms with van der Waals surface area (Å²) < 4.78 is 16.4. The molecule has 3 aromatic carbocycles. The standard InChI is InChI=1S/C26H25FN4OS/c1-2-30(17-20-11-5-3-6-12-20)24(32)19-33-26-29-28-25(22-15-9-10-16-23(22)27)31(26)18-21-13-7-4-8-14-21/h3-16H,2,17-19H2,1H3. The molecule has 0 saturated heterocycles. The van der Waals surface area contributed by atoms with Gasteiger partial charge in [-0.1, -0.05) is 84.6 Å². The second-order valence-corrected chi connectivity index (χ2v) is 8.48. The molecular formula is C26H25FN4OS. The Morgan fingerprint density at radius 1 is 0.909 bits per heavy atom. The molecule has 7 heteroatoms. The van der Waals surface area contributed by atoms with Crippen molar-refractivity contribution >= 4 is 17.7 Å². The molecule has 0 aliphatic heterocycles. The van der Waals surface area contributed by atoms with Gasteiger partial charge in [-0.25, -0.2) is 4.39 Å². The van der Waals surface area contributed by atoms with Gasteiger partial charge in [0.1, 0.15) is 5.82 Å². The van der Waals surface area contributed by atoms with Gasteiger partial charge in [0.2, 0.25) is 5.91 Å². The summed E-state index contributed by atoms with van der Waals surface area (Å²) in [4.78, 5) is 14.8. The number of hydrogen-bond donors (Lipinski definition) is 0. The maximum Gasteiger partial charge on any atom is 0.233 e. The number of hydrogen-bond acceptors (Lipinski definition) is 4. The quantitative estimate of drug-likeness (QED) is 0.319. The van der Waals surface area contributed by atoms with E-state index in [9.17, 15) is 9.18 Å². The molecule has 0 radical (unpaired) electrons. The maximum absolute atomic E-state index is 14.5. The Hall–Kier alpha value is -3.45. The highest BCUT2D eigenvalue weighted by Gasteiger charge is 2.20. The minimum absolute atomic E-state index is 0.0213. The summed E-state index contributed by atoms with van der Waals surface area (Å²) in [5.41, 5.74) is 2.52. The van der Waals surface area contributed by atoms with Gasteiger partial charge in [-0.05, 0) is 30.2 Å². The number of benzene rings is 3. The van der Waals surface area contributed by atoms with Crippen molar-refractivity contribution in [2.24, 2.45) is 0 Å². The van der Waals surface area contributed by atoms with Crippen molar-refractivity contribution in [1.82, 2.24) is 19.7 Å². The van der Waals surface area contributed by atoms with E-state index in [2.05, 4.69) is 10.2 Å². The van der Waals surface area contributed by atoms with Crippen molar-refractivity contribution in [3.05, 3.63) is 102 Å². The average Bonchev–Trinajstić information content (AvgIpc) is 3.24. The van der Waals surface area contributed by atoms with Gasteiger partial charge in [0.05, 0.1) is 17.9 Å². The predicted octanol–water partition coefficient (Wildman–Crippen LogP) is 5.27. The van der Waals surface area contributed by atoms with E-state index >= 15 is 0 Å². The van der Waals surface area contributed by atoms with Crippen LogP contribution in [0.4, 0.5) is 4.39 Å². The summed E-state index contributed by atoms with van der Waals surface area (Å²) in [6.45, 7) is 3.63. The lowest BCUT2D eigenvalue weighted by atomic mass is 10.2. The van der Waals surface area contributed by atoms with E-state index in [-0.39, 0.29) is 17.5 Å². The van der Waals surface area contributed by atoms with Crippen molar-refractivity contribution in [3.63, 3.8) is 0 Å². The Morgan fingerprint density at radius 2 is 1.55 bits per heavy atom. The molecule has 1 heterocycles. The summed E-state index contributed by atoms with van der Waals surface area (Å²) in [7, 11) is 0. The largest absolute Gasteiger partial charge is 0.338 e. The third-order valence-electron chi connectivity index (χ3n) is 5.29. The van der Waals surface area contributed by atoms with Crippen LogP contribution in [0.5, 0.6) is 0 Å². The molecule has 168 valence electrons. The average molecular weight is 461 g/mol. The molecule has 0 bridgehead atoms. The minimum atomic E-state index is -0.355. The van der Waals surface area contributed by atoms with Gasteiger partial charge in [0.15, 0.2) is 11.0 Å². The molecule has 1 aromatic heterocycles. The van der Waals surface area contributed by atoms with Gasteiger partial charge in [0.25, 0.3) is 0 Å². The zero-order valence-corrected chi connectivity index (χ0v) is 19.2. The van der Waals surface area contributed by atoms with E-state index < -0.39 is 0 Å². The van der Waals surface area contributed by atoms with Gasteiger partial charge in [0, 0.05) is 13.1 Å². The number of aromatic nitrogens is 3. The Kier molecular flexibility index (Phi) is 7.52. The van der Waals surface area contributed by atoms with Crippen LogP contribution in [0.2, 0.25) is 0 Å². The SMILES string of the molecule is CCN(Cc1ccccc1)C(=O)CSc1nnc(-c2ccccc2F)n1Cc1ccccc1. The molecule has 33 heavy (non-hydrogen) atoms. The van der Waals surface area contributed by atoms with Crippen LogP contribution >= 0.6 is 11.8 Å². The van der Waals surface area contributed by atoms with Crippen molar-refractivity contribution in [3.8, 4) is 11.4 Å². The first-order valence-electron chi connectivity index (χ1n) is 10.8. The molecule has 0 atom stereocenters. The summed E-state index contributed by atoms with van der Waals surface area (Å²) in [6.07, 6.45) is 0. The zero-order valence-electron chi connectivity index (χ0n) is 18.4. The number of nitrogens with zero attached hydrogens (tertiary/aromatic N) is 4. The molecule has 0 unspecified atom stereocenters. The van der Waals surface area contributed by atoms with Crippen LogP contribution in [0.25, 0.3) is 11.4 Å². The van der Waals surface area contributed by atoms with E-state index in [4.69, 9.17) is 0 Å². The molecule has 0 fully saturated rings. The fourth-order valence-electron chi connectivity index (χ4n) is 3.54. The van der Waals surface area contributed by atoms with E-state index in [1.54, 1.807) is 18.2 Å². The Morgan fingerprint density at radius 3 is 2.21 bits per heavy atom. The third-order valence-corrected chi connectivity index (χ3v) is 6.24. The molecule has 5 nitrogen and oxygen atoms in total. The molecule has 4 aromatic rings. The Balaban J connectivity index is 1.55. The molecule has 0 N–H and O–H groups in total. The molecule has 0 aliphatic carbocycles. The smallest absolute Gasteiger partial charge is 0.233 e. The third kappa shape index (κ3) is 5.68. The number of carbonyl (C=O) groups excluding carboxylic acids is 1. The van der Waals surface area contributed by atoms with E-state index in [0.717, 1.165) is 11.1 Å². The molecule has 0 saturated carbocycles. The first-order valence-corrected chi connectivity index (χ1v) is 11.8. The molecular weight excluding hydrogens is 435 g/mol. The van der Waals surface area contributed by atoms with Gasteiger partial charge >= 0.3 is 0 Å². The highest BCUT2D eigenvalue weighted by Crippen LogP contribution is 2.27. The number of carbonyl (C=O) groups is 1. The van der Waals surface area contributed by atoms with Crippen molar-refractivity contribution in [2.45, 2.75) is 25.2 Å². The van der Waals surface area contributed by atoms with Crippen molar-refractivity contribution < 1.29 is 9.18 Å². The Bertz CT molecular complexity index is 1200. The fraction of sp³-hybridized carbons (Fsp3) is 0.192. The van der Waals surface area contributed by atoms with Crippen LogP contribution in [0.1, 0.15) is 18.1 Å². The summed E-state index contributed by atoms with van der Waals surface area (Å²) in [5.74, 6) is 0.341. The summed E-state index contributed by atoms with van der Waals surface area (Å²) >= 11 is 1.33. The highest BCUT2D eigenvalue weighted by atomic mass is 32.2. The lowest BCUT2D eigenvalue weighted by Gasteiger charge is -2.21. The second kappa shape index (κ2) is 10.9. The maximum atomic E-state index is 14.5. The van der Waals surface area contributed by atoms with E-state index in [1.165, 1.54) is 17.8 Å².